The van der Waals surface area contributed by atoms with E-state index in [9.17, 15) is 9.59 Å². The summed E-state index contributed by atoms with van der Waals surface area (Å²) >= 11 is 1.33. The van der Waals surface area contributed by atoms with E-state index in [1.54, 1.807) is 18.4 Å². The predicted octanol–water partition coefficient (Wildman–Crippen LogP) is 4.87. The Morgan fingerprint density at radius 3 is 2.72 bits per heavy atom. The van der Waals surface area contributed by atoms with Crippen LogP contribution in [0.25, 0.3) is 17.1 Å². The van der Waals surface area contributed by atoms with Crippen molar-refractivity contribution in [3.05, 3.63) is 77.7 Å². The number of hydrogen-bond donors (Lipinski definition) is 1. The second kappa shape index (κ2) is 8.12. The van der Waals surface area contributed by atoms with E-state index in [2.05, 4.69) is 15.5 Å². The van der Waals surface area contributed by atoms with Crippen LogP contribution in [0.2, 0.25) is 0 Å². The Morgan fingerprint density at radius 2 is 1.97 bits per heavy atom. The van der Waals surface area contributed by atoms with Gasteiger partial charge in [0.05, 0.1) is 23.5 Å². The highest BCUT2D eigenvalue weighted by atomic mass is 32.2. The molecule has 1 aliphatic heterocycles. The average molecular weight is 445 g/mol. The molecule has 0 bridgehead atoms. The van der Waals surface area contributed by atoms with Gasteiger partial charge >= 0.3 is 0 Å². The molecule has 3 heterocycles. The number of carbonyl (C=O) groups is 2. The number of para-hydroxylation sites is 1. The number of benzene rings is 2. The Labute approximate surface area is 188 Å². The van der Waals surface area contributed by atoms with Crippen molar-refractivity contribution in [1.82, 2.24) is 14.8 Å². The molecule has 160 valence electrons. The molecule has 0 spiro atoms. The Hall–Kier alpha value is -3.65. The smallest absolute Gasteiger partial charge is 0.231 e. The molecule has 5 rings (SSSR count). The van der Waals surface area contributed by atoms with Crippen molar-refractivity contribution < 1.29 is 14.0 Å². The third-order valence-electron chi connectivity index (χ3n) is 5.57. The summed E-state index contributed by atoms with van der Waals surface area (Å²) in [5.41, 5.74) is 3.96. The lowest BCUT2D eigenvalue weighted by molar-refractivity contribution is -0.116. The average Bonchev–Trinajstić information content (AvgIpc) is 3.50. The van der Waals surface area contributed by atoms with Crippen LogP contribution in [0.1, 0.15) is 34.5 Å². The molecule has 7 nitrogen and oxygen atoms in total. The molecule has 1 aliphatic rings. The highest BCUT2D eigenvalue weighted by Gasteiger charge is 2.27. The fourth-order valence-corrected chi connectivity index (χ4v) is 4.61. The Morgan fingerprint density at radius 1 is 1.16 bits per heavy atom. The number of amides is 1. The van der Waals surface area contributed by atoms with Crippen LogP contribution in [0.5, 0.6) is 0 Å². The minimum absolute atomic E-state index is 0.0343. The normalized spacial score (nSPS) is 14.9. The molecule has 0 aliphatic carbocycles. The number of carbonyl (C=O) groups excluding carboxylic acids is 2. The van der Waals surface area contributed by atoms with Gasteiger partial charge in [-0.1, -0.05) is 30.0 Å². The van der Waals surface area contributed by atoms with Crippen LogP contribution in [-0.2, 0) is 4.79 Å². The van der Waals surface area contributed by atoms with Crippen molar-refractivity contribution in [2.75, 3.05) is 11.1 Å². The molecule has 0 saturated heterocycles. The van der Waals surface area contributed by atoms with Crippen LogP contribution >= 0.6 is 11.8 Å². The number of ketones is 1. The zero-order valence-corrected chi connectivity index (χ0v) is 18.3. The first-order valence-electron chi connectivity index (χ1n) is 10.2. The molecule has 1 atom stereocenters. The molecule has 0 fully saturated rings. The van der Waals surface area contributed by atoms with Crippen molar-refractivity contribution in [1.29, 1.82) is 0 Å². The minimum Gasteiger partial charge on any atom is -0.469 e. The Kier molecular flexibility index (Phi) is 5.14. The number of anilines is 1. The van der Waals surface area contributed by atoms with Gasteiger partial charge in [-0.3, -0.25) is 14.2 Å². The number of fused-ring (bicyclic) bond motifs is 1. The molecule has 4 aromatic rings. The van der Waals surface area contributed by atoms with Crippen molar-refractivity contribution in [2.45, 2.75) is 24.9 Å². The second-order valence-electron chi connectivity index (χ2n) is 7.59. The summed E-state index contributed by atoms with van der Waals surface area (Å²) in [4.78, 5) is 24.8. The molecular weight excluding hydrogens is 424 g/mol. The lowest BCUT2D eigenvalue weighted by Gasteiger charge is -2.10. The van der Waals surface area contributed by atoms with E-state index in [0.29, 0.717) is 16.5 Å². The summed E-state index contributed by atoms with van der Waals surface area (Å²) < 4.78 is 7.39. The third-order valence-corrected chi connectivity index (χ3v) is 6.50. The summed E-state index contributed by atoms with van der Waals surface area (Å²) in [6, 6.07) is 17.0. The summed E-state index contributed by atoms with van der Waals surface area (Å²) in [6.07, 6.45) is 1.62. The van der Waals surface area contributed by atoms with E-state index in [1.807, 2.05) is 60.9 Å². The number of furan rings is 1. The molecule has 32 heavy (non-hydrogen) atoms. The lowest BCUT2D eigenvalue weighted by Crippen LogP contribution is -2.08. The number of Topliss-reactive ketones (excluding diaryl/α,β-unsaturated/α-hetero) is 1. The van der Waals surface area contributed by atoms with Gasteiger partial charge in [0.2, 0.25) is 5.91 Å². The van der Waals surface area contributed by atoms with Gasteiger partial charge in [-0.05, 0) is 55.8 Å². The molecule has 2 aromatic heterocycles. The maximum Gasteiger partial charge on any atom is 0.231 e. The molecule has 2 aromatic carbocycles. The number of aryl methyl sites for hydroxylation is 1. The SMILES string of the molecule is Cc1occc1-c1nnc(SCC(=O)c2ccc3c(c2)[C@H](C)C(=O)N3)n1-c1ccccc1. The zero-order chi connectivity index (χ0) is 22.2. The van der Waals surface area contributed by atoms with Gasteiger partial charge in [0, 0.05) is 16.9 Å². The number of aromatic nitrogens is 3. The summed E-state index contributed by atoms with van der Waals surface area (Å²) in [7, 11) is 0. The quantitative estimate of drug-likeness (QED) is 0.337. The van der Waals surface area contributed by atoms with Crippen LogP contribution in [0.3, 0.4) is 0 Å². The fourth-order valence-electron chi connectivity index (χ4n) is 3.77. The van der Waals surface area contributed by atoms with E-state index in [-0.39, 0.29) is 23.4 Å². The van der Waals surface area contributed by atoms with E-state index in [1.165, 1.54) is 11.8 Å². The van der Waals surface area contributed by atoms with Crippen molar-refractivity contribution in [3.63, 3.8) is 0 Å². The first kappa shape index (κ1) is 20.3. The highest BCUT2D eigenvalue weighted by molar-refractivity contribution is 7.99. The first-order valence-corrected chi connectivity index (χ1v) is 11.2. The van der Waals surface area contributed by atoms with Crippen molar-refractivity contribution in [2.24, 2.45) is 0 Å². The van der Waals surface area contributed by atoms with Gasteiger partial charge in [0.1, 0.15) is 5.76 Å². The molecule has 0 radical (unpaired) electrons. The monoisotopic (exact) mass is 444 g/mol. The van der Waals surface area contributed by atoms with Gasteiger partial charge in [-0.25, -0.2) is 0 Å². The largest absolute Gasteiger partial charge is 0.469 e. The topological polar surface area (TPSA) is 90.0 Å². The summed E-state index contributed by atoms with van der Waals surface area (Å²) in [5, 5.41) is 12.2. The Bertz CT molecular complexity index is 1330. The number of nitrogens with one attached hydrogen (secondary N) is 1. The van der Waals surface area contributed by atoms with Crippen molar-refractivity contribution >= 4 is 29.1 Å². The third kappa shape index (κ3) is 3.52. The van der Waals surface area contributed by atoms with Crippen LogP contribution in [-0.4, -0.2) is 32.2 Å². The van der Waals surface area contributed by atoms with E-state index < -0.39 is 0 Å². The van der Waals surface area contributed by atoms with Gasteiger partial charge in [-0.15, -0.1) is 10.2 Å². The van der Waals surface area contributed by atoms with Crippen LogP contribution in [0.15, 0.2) is 70.4 Å². The highest BCUT2D eigenvalue weighted by Crippen LogP contribution is 2.34. The molecular formula is C24H20N4O3S. The molecule has 0 saturated carbocycles. The van der Waals surface area contributed by atoms with Gasteiger partial charge < -0.3 is 9.73 Å². The Balaban J connectivity index is 1.43. The summed E-state index contributed by atoms with van der Waals surface area (Å²) in [5.74, 6) is 1.27. The molecule has 0 unspecified atom stereocenters. The maximum atomic E-state index is 12.9. The lowest BCUT2D eigenvalue weighted by atomic mass is 9.99. The fraction of sp³-hybridized carbons (Fsp3) is 0.167. The van der Waals surface area contributed by atoms with Gasteiger partial charge in [-0.2, -0.15) is 0 Å². The molecule has 1 N–H and O–H groups in total. The van der Waals surface area contributed by atoms with Crippen LogP contribution in [0.4, 0.5) is 5.69 Å². The number of nitrogens with zero attached hydrogens (tertiary/aromatic N) is 3. The van der Waals surface area contributed by atoms with Crippen LogP contribution < -0.4 is 5.32 Å². The van der Waals surface area contributed by atoms with E-state index in [0.717, 1.165) is 28.3 Å². The van der Waals surface area contributed by atoms with Gasteiger partial charge in [0.15, 0.2) is 16.8 Å². The second-order valence-corrected chi connectivity index (χ2v) is 8.53. The van der Waals surface area contributed by atoms with Crippen molar-refractivity contribution in [3.8, 4) is 17.1 Å². The summed E-state index contributed by atoms with van der Waals surface area (Å²) in [6.45, 7) is 3.72. The maximum absolute atomic E-state index is 12.9. The van der Waals surface area contributed by atoms with E-state index in [4.69, 9.17) is 4.42 Å². The van der Waals surface area contributed by atoms with Crippen LogP contribution in [0, 0.1) is 6.92 Å². The van der Waals surface area contributed by atoms with E-state index >= 15 is 0 Å². The predicted molar refractivity (Wildman–Crippen MR) is 122 cm³/mol. The number of thioether (sulfide) groups is 1. The number of rotatable bonds is 6. The molecule has 8 heteroatoms. The minimum atomic E-state index is -0.257. The zero-order valence-electron chi connectivity index (χ0n) is 17.5. The number of hydrogen-bond acceptors (Lipinski definition) is 6. The standard InChI is InChI=1S/C24H20N4O3S/c1-14-19-12-16(8-9-20(19)25-23(14)30)21(29)13-32-24-27-26-22(18-10-11-31-15(18)2)28(24)17-6-4-3-5-7-17/h3-12,14H,13H2,1-2H3,(H,25,30)/t14-/m0/s1. The van der Waals surface area contributed by atoms with Gasteiger partial charge in [0.25, 0.3) is 0 Å². The first-order chi connectivity index (χ1) is 15.5. The molecule has 1 amide bonds.